The van der Waals surface area contributed by atoms with Crippen LogP contribution in [-0.2, 0) is 0 Å². The molecule has 0 atom stereocenters. The Morgan fingerprint density at radius 1 is 0.633 bits per heavy atom. The predicted octanol–water partition coefficient (Wildman–Crippen LogP) is 3.94. The van der Waals surface area contributed by atoms with Crippen LogP contribution < -0.4 is 9.47 Å². The van der Waals surface area contributed by atoms with E-state index in [2.05, 4.69) is 0 Å². The molecule has 30 heavy (non-hydrogen) atoms. The molecule has 0 aromatic heterocycles. The molecule has 0 spiro atoms. The number of ether oxygens (including phenoxy) is 2. The van der Waals surface area contributed by atoms with E-state index in [1.807, 2.05) is 0 Å². The summed E-state index contributed by atoms with van der Waals surface area (Å²) in [5.41, 5.74) is -0.697. The highest BCUT2D eigenvalue weighted by Crippen LogP contribution is 2.29. The molecule has 0 fully saturated rings. The average molecular weight is 408 g/mol. The van der Waals surface area contributed by atoms with E-state index in [0.717, 1.165) is 12.1 Å². The van der Waals surface area contributed by atoms with Crippen LogP contribution in [-0.4, -0.2) is 21.8 Å². The number of benzene rings is 3. The maximum absolute atomic E-state index is 12.4. The molecular formula is C20H12N2O8. The van der Waals surface area contributed by atoms with E-state index in [1.165, 1.54) is 60.7 Å². The van der Waals surface area contributed by atoms with Gasteiger partial charge < -0.3 is 9.47 Å². The SMILES string of the molecule is O=C(Oc1ccccc1OC(=O)c1cccc([N+](=O)[O-])c1)c1cccc([N+](=O)[O-])c1. The zero-order chi connectivity index (χ0) is 21.7. The summed E-state index contributed by atoms with van der Waals surface area (Å²) in [4.78, 5) is 45.1. The Bertz CT molecular complexity index is 1070. The lowest BCUT2D eigenvalue weighted by molar-refractivity contribution is -0.385. The van der Waals surface area contributed by atoms with Crippen LogP contribution in [0.1, 0.15) is 20.7 Å². The summed E-state index contributed by atoms with van der Waals surface area (Å²) in [6.45, 7) is 0. The van der Waals surface area contributed by atoms with Gasteiger partial charge in [0.2, 0.25) is 0 Å². The fraction of sp³-hybridized carbons (Fsp3) is 0. The van der Waals surface area contributed by atoms with Gasteiger partial charge in [-0.15, -0.1) is 0 Å². The molecule has 0 saturated carbocycles. The minimum Gasteiger partial charge on any atom is -0.419 e. The van der Waals surface area contributed by atoms with Gasteiger partial charge in [0.05, 0.1) is 21.0 Å². The molecule has 3 rings (SSSR count). The number of carbonyl (C=O) groups is 2. The monoisotopic (exact) mass is 408 g/mol. The molecule has 0 aliphatic rings. The van der Waals surface area contributed by atoms with Crippen LogP contribution in [0.5, 0.6) is 11.5 Å². The van der Waals surface area contributed by atoms with Crippen molar-refractivity contribution in [1.82, 2.24) is 0 Å². The summed E-state index contributed by atoms with van der Waals surface area (Å²) in [6, 6.07) is 15.7. The van der Waals surface area contributed by atoms with Crippen molar-refractivity contribution in [3.63, 3.8) is 0 Å². The molecule has 0 heterocycles. The average Bonchev–Trinajstić information content (AvgIpc) is 2.75. The zero-order valence-electron chi connectivity index (χ0n) is 15.1. The van der Waals surface area contributed by atoms with Gasteiger partial charge in [-0.1, -0.05) is 24.3 Å². The highest BCUT2D eigenvalue weighted by atomic mass is 16.6. The number of nitro groups is 2. The third-order valence-electron chi connectivity index (χ3n) is 3.84. The van der Waals surface area contributed by atoms with Gasteiger partial charge in [-0.05, 0) is 24.3 Å². The number of esters is 2. The van der Waals surface area contributed by atoms with Crippen LogP contribution in [0.3, 0.4) is 0 Å². The fourth-order valence-electron chi connectivity index (χ4n) is 2.43. The van der Waals surface area contributed by atoms with Crippen molar-refractivity contribution in [1.29, 1.82) is 0 Å². The standard InChI is InChI=1S/C20H12N2O8/c23-19(13-5-3-7-15(11-13)21(25)26)29-17-9-1-2-10-18(17)30-20(24)14-6-4-8-16(12-14)22(27)28/h1-12H. The van der Waals surface area contributed by atoms with E-state index in [1.54, 1.807) is 0 Å². The molecule has 10 heteroatoms. The van der Waals surface area contributed by atoms with Crippen molar-refractivity contribution in [3.8, 4) is 11.5 Å². The first-order valence-corrected chi connectivity index (χ1v) is 8.37. The lowest BCUT2D eigenvalue weighted by Crippen LogP contribution is -2.13. The second kappa shape index (κ2) is 8.61. The molecule has 0 amide bonds. The van der Waals surface area contributed by atoms with Crippen molar-refractivity contribution in [3.05, 3.63) is 104 Å². The Morgan fingerprint density at radius 3 is 1.40 bits per heavy atom. The topological polar surface area (TPSA) is 139 Å². The number of hydrogen-bond donors (Lipinski definition) is 0. The maximum Gasteiger partial charge on any atom is 0.343 e. The van der Waals surface area contributed by atoms with Gasteiger partial charge in [0.15, 0.2) is 11.5 Å². The molecule has 0 aliphatic carbocycles. The summed E-state index contributed by atoms with van der Waals surface area (Å²) in [7, 11) is 0. The molecular weight excluding hydrogens is 396 g/mol. The molecule has 0 unspecified atom stereocenters. The number of nitro benzene ring substituents is 2. The van der Waals surface area contributed by atoms with E-state index in [9.17, 15) is 29.8 Å². The first-order valence-electron chi connectivity index (χ1n) is 8.37. The van der Waals surface area contributed by atoms with E-state index >= 15 is 0 Å². The van der Waals surface area contributed by atoms with Gasteiger partial charge in [-0.2, -0.15) is 0 Å². The predicted molar refractivity (Wildman–Crippen MR) is 103 cm³/mol. The van der Waals surface area contributed by atoms with Gasteiger partial charge in [0, 0.05) is 24.3 Å². The van der Waals surface area contributed by atoms with Crippen molar-refractivity contribution >= 4 is 23.3 Å². The number of rotatable bonds is 6. The smallest absolute Gasteiger partial charge is 0.343 e. The lowest BCUT2D eigenvalue weighted by Gasteiger charge is -2.10. The molecule has 0 radical (unpaired) electrons. The van der Waals surface area contributed by atoms with Crippen molar-refractivity contribution in [2.45, 2.75) is 0 Å². The molecule has 150 valence electrons. The highest BCUT2D eigenvalue weighted by Gasteiger charge is 2.19. The molecule has 0 N–H and O–H groups in total. The second-order valence-corrected chi connectivity index (χ2v) is 5.84. The fourth-order valence-corrected chi connectivity index (χ4v) is 2.43. The molecule has 3 aromatic rings. The maximum atomic E-state index is 12.4. The van der Waals surface area contributed by atoms with E-state index in [-0.39, 0.29) is 34.0 Å². The summed E-state index contributed by atoms with van der Waals surface area (Å²) >= 11 is 0. The third kappa shape index (κ3) is 4.62. The second-order valence-electron chi connectivity index (χ2n) is 5.84. The largest absolute Gasteiger partial charge is 0.419 e. The normalized spacial score (nSPS) is 10.1. The van der Waals surface area contributed by atoms with Crippen LogP contribution in [0.15, 0.2) is 72.8 Å². The Kier molecular flexibility index (Phi) is 5.78. The van der Waals surface area contributed by atoms with E-state index in [0.29, 0.717) is 0 Å². The van der Waals surface area contributed by atoms with E-state index in [4.69, 9.17) is 9.47 Å². The van der Waals surface area contributed by atoms with Crippen LogP contribution in [0, 0.1) is 20.2 Å². The Balaban J connectivity index is 1.81. The Labute approximate surface area is 168 Å². The number of para-hydroxylation sites is 2. The van der Waals surface area contributed by atoms with Crippen molar-refractivity contribution < 1.29 is 28.9 Å². The summed E-state index contributed by atoms with van der Waals surface area (Å²) in [5.74, 6) is -1.99. The quantitative estimate of drug-likeness (QED) is 0.259. The number of hydrogen-bond acceptors (Lipinski definition) is 8. The summed E-state index contributed by atoms with van der Waals surface area (Å²) < 4.78 is 10.4. The Morgan fingerprint density at radius 2 is 1.03 bits per heavy atom. The molecule has 3 aromatic carbocycles. The third-order valence-corrected chi connectivity index (χ3v) is 3.84. The van der Waals surface area contributed by atoms with Crippen molar-refractivity contribution in [2.24, 2.45) is 0 Å². The van der Waals surface area contributed by atoms with Crippen molar-refractivity contribution in [2.75, 3.05) is 0 Å². The lowest BCUT2D eigenvalue weighted by atomic mass is 10.2. The zero-order valence-corrected chi connectivity index (χ0v) is 15.1. The summed E-state index contributed by atoms with van der Waals surface area (Å²) in [6.07, 6.45) is 0. The first kappa shape index (κ1) is 20.1. The van der Waals surface area contributed by atoms with Gasteiger partial charge in [-0.3, -0.25) is 20.2 Å². The van der Waals surface area contributed by atoms with E-state index < -0.39 is 21.8 Å². The number of carbonyl (C=O) groups excluding carboxylic acids is 2. The molecule has 0 aliphatic heterocycles. The van der Waals surface area contributed by atoms with Gasteiger partial charge >= 0.3 is 11.9 Å². The van der Waals surface area contributed by atoms with Gasteiger partial charge in [0.25, 0.3) is 11.4 Å². The van der Waals surface area contributed by atoms with Gasteiger partial charge in [0.1, 0.15) is 0 Å². The summed E-state index contributed by atoms with van der Waals surface area (Å²) in [5, 5.41) is 21.7. The molecule has 10 nitrogen and oxygen atoms in total. The number of non-ortho nitro benzene ring substituents is 2. The molecule has 0 saturated heterocycles. The highest BCUT2D eigenvalue weighted by molar-refractivity contribution is 5.93. The van der Waals surface area contributed by atoms with Crippen LogP contribution in [0.2, 0.25) is 0 Å². The Hall–Kier alpha value is -4.60. The van der Waals surface area contributed by atoms with Crippen LogP contribution in [0.25, 0.3) is 0 Å². The number of nitrogens with zero attached hydrogens (tertiary/aromatic N) is 2. The van der Waals surface area contributed by atoms with Crippen LogP contribution in [0.4, 0.5) is 11.4 Å². The molecule has 0 bridgehead atoms. The first-order chi connectivity index (χ1) is 14.3. The van der Waals surface area contributed by atoms with Crippen LogP contribution >= 0.6 is 0 Å². The van der Waals surface area contributed by atoms with Gasteiger partial charge in [-0.25, -0.2) is 9.59 Å². The minimum absolute atomic E-state index is 0.0657. The minimum atomic E-state index is -0.891.